The highest BCUT2D eigenvalue weighted by atomic mass is 31.2. The highest BCUT2D eigenvalue weighted by Crippen LogP contribution is 2.36. The zero-order valence-electron chi connectivity index (χ0n) is 19.9. The average molecular weight is 471 g/mol. The molecular formula is C26H44FO4P. The first kappa shape index (κ1) is 27.5. The molecule has 0 aromatic heterocycles. The molecule has 0 spiro atoms. The molecule has 4 nitrogen and oxygen atoms in total. The lowest BCUT2D eigenvalue weighted by atomic mass is 9.82. The van der Waals surface area contributed by atoms with E-state index < -0.39 is 7.60 Å². The fourth-order valence-corrected chi connectivity index (χ4v) is 5.43. The van der Waals surface area contributed by atoms with Crippen LogP contribution in [0.25, 0.3) is 0 Å². The molecular weight excluding hydrogens is 426 g/mol. The molecule has 6 heteroatoms. The monoisotopic (exact) mass is 470 g/mol. The Morgan fingerprint density at radius 3 is 2.09 bits per heavy atom. The Morgan fingerprint density at radius 1 is 0.938 bits per heavy atom. The summed E-state index contributed by atoms with van der Waals surface area (Å²) in [4.78, 5) is 17.6. The van der Waals surface area contributed by atoms with E-state index in [-0.39, 0.29) is 12.0 Å². The zero-order chi connectivity index (χ0) is 23.2. The third-order valence-corrected chi connectivity index (χ3v) is 7.56. The minimum atomic E-state index is -3.80. The van der Waals surface area contributed by atoms with E-state index in [1.807, 2.05) is 6.07 Å². The van der Waals surface area contributed by atoms with Crippen molar-refractivity contribution in [2.45, 2.75) is 115 Å². The van der Waals surface area contributed by atoms with E-state index in [0.717, 1.165) is 81.9 Å². The van der Waals surface area contributed by atoms with Gasteiger partial charge in [0, 0.05) is 12.8 Å². The van der Waals surface area contributed by atoms with Crippen molar-refractivity contribution in [3.63, 3.8) is 0 Å². The topological polar surface area (TPSA) is 66.8 Å². The third-order valence-electron chi connectivity index (χ3n) is 6.66. The van der Waals surface area contributed by atoms with Gasteiger partial charge in [-0.3, -0.25) is 4.57 Å². The Balaban J connectivity index is 1.45. The number of halogens is 1. The molecule has 0 amide bonds. The van der Waals surface area contributed by atoms with Gasteiger partial charge in [0.25, 0.3) is 0 Å². The second-order valence-electron chi connectivity index (χ2n) is 9.52. The molecule has 0 radical (unpaired) electrons. The zero-order valence-corrected chi connectivity index (χ0v) is 20.8. The summed E-state index contributed by atoms with van der Waals surface area (Å²) in [6.45, 7) is 2.95. The standard InChI is InChI=1S/C26H44FO4P/c1-2-12-22-13-18-25(26(27)21-22)23-14-16-24(17-15-23)31-19-10-8-6-4-3-5-7-9-11-20-32(28,29)30/h13,18,21,23-24H,2-12,14-17,19-20H2,1H3,(H2,28,29,30). The maximum absolute atomic E-state index is 14.5. The summed E-state index contributed by atoms with van der Waals surface area (Å²) in [5.41, 5.74) is 1.99. The number of rotatable bonds is 16. The lowest BCUT2D eigenvalue weighted by Crippen LogP contribution is -2.21. The fraction of sp³-hybridized carbons (Fsp3) is 0.769. The molecule has 0 heterocycles. The Bertz CT molecular complexity index is 682. The van der Waals surface area contributed by atoms with Crippen molar-refractivity contribution in [1.29, 1.82) is 0 Å². The number of ether oxygens (including phenoxy) is 1. The van der Waals surface area contributed by atoms with Crippen molar-refractivity contribution in [2.24, 2.45) is 0 Å². The summed E-state index contributed by atoms with van der Waals surface area (Å²) in [6, 6.07) is 5.83. The quantitative estimate of drug-likeness (QED) is 0.194. The molecule has 32 heavy (non-hydrogen) atoms. The van der Waals surface area contributed by atoms with E-state index in [1.54, 1.807) is 6.07 Å². The summed E-state index contributed by atoms with van der Waals surface area (Å²) in [7, 11) is -3.80. The normalized spacial score (nSPS) is 19.4. The van der Waals surface area contributed by atoms with E-state index in [0.29, 0.717) is 18.4 Å². The first-order valence-electron chi connectivity index (χ1n) is 12.8. The van der Waals surface area contributed by atoms with Gasteiger partial charge in [0.15, 0.2) is 0 Å². The average Bonchev–Trinajstić information content (AvgIpc) is 2.75. The van der Waals surface area contributed by atoms with Crippen LogP contribution in [0.1, 0.15) is 114 Å². The third kappa shape index (κ3) is 11.4. The van der Waals surface area contributed by atoms with Crippen molar-refractivity contribution in [1.82, 2.24) is 0 Å². The molecule has 1 aromatic rings. The molecule has 1 fully saturated rings. The van der Waals surface area contributed by atoms with Gasteiger partial charge < -0.3 is 14.5 Å². The molecule has 0 saturated heterocycles. The van der Waals surface area contributed by atoms with Crippen LogP contribution in [0, 0.1) is 5.82 Å². The van der Waals surface area contributed by atoms with Crippen LogP contribution in [0.4, 0.5) is 4.39 Å². The highest BCUT2D eigenvalue weighted by molar-refractivity contribution is 7.51. The van der Waals surface area contributed by atoms with Crippen LogP contribution in [-0.2, 0) is 15.7 Å². The van der Waals surface area contributed by atoms with Gasteiger partial charge in [-0.25, -0.2) is 4.39 Å². The first-order chi connectivity index (χ1) is 15.4. The Labute approximate surface area is 194 Å². The fourth-order valence-electron chi connectivity index (χ4n) is 4.79. The van der Waals surface area contributed by atoms with Gasteiger partial charge in [0.05, 0.1) is 6.10 Å². The molecule has 0 atom stereocenters. The van der Waals surface area contributed by atoms with Gasteiger partial charge in [-0.2, -0.15) is 0 Å². The van der Waals surface area contributed by atoms with Crippen molar-refractivity contribution in [3.8, 4) is 0 Å². The van der Waals surface area contributed by atoms with Gasteiger partial charge in [0.1, 0.15) is 5.82 Å². The maximum atomic E-state index is 14.5. The van der Waals surface area contributed by atoms with Crippen LogP contribution in [0.3, 0.4) is 0 Å². The number of aryl methyl sites for hydroxylation is 1. The number of unbranched alkanes of at least 4 members (excludes halogenated alkanes) is 8. The Morgan fingerprint density at radius 2 is 1.53 bits per heavy atom. The summed E-state index contributed by atoms with van der Waals surface area (Å²) >= 11 is 0. The second kappa shape index (κ2) is 15.2. The van der Waals surface area contributed by atoms with Crippen LogP contribution in [-0.4, -0.2) is 28.7 Å². The minimum absolute atomic E-state index is 0.0255. The summed E-state index contributed by atoms with van der Waals surface area (Å²) in [5.74, 6) is 0.309. The van der Waals surface area contributed by atoms with Gasteiger partial charge in [-0.05, 0) is 68.1 Å². The highest BCUT2D eigenvalue weighted by Gasteiger charge is 2.24. The van der Waals surface area contributed by atoms with Gasteiger partial charge >= 0.3 is 7.60 Å². The molecule has 1 aliphatic rings. The second-order valence-corrected chi connectivity index (χ2v) is 11.3. The van der Waals surface area contributed by atoms with Crippen LogP contribution < -0.4 is 0 Å². The van der Waals surface area contributed by atoms with Crippen molar-refractivity contribution < 1.29 is 23.5 Å². The number of benzene rings is 1. The van der Waals surface area contributed by atoms with E-state index in [1.165, 1.54) is 25.7 Å². The van der Waals surface area contributed by atoms with Crippen LogP contribution in [0.5, 0.6) is 0 Å². The van der Waals surface area contributed by atoms with Gasteiger partial charge in [-0.15, -0.1) is 0 Å². The molecule has 1 saturated carbocycles. The van der Waals surface area contributed by atoms with E-state index >= 15 is 0 Å². The van der Waals surface area contributed by atoms with Gasteiger partial charge in [-0.1, -0.05) is 70.4 Å². The summed E-state index contributed by atoms with van der Waals surface area (Å²) in [6.07, 6.45) is 16.2. The molecule has 0 unspecified atom stereocenters. The molecule has 2 N–H and O–H groups in total. The number of hydrogen-bond donors (Lipinski definition) is 2. The summed E-state index contributed by atoms with van der Waals surface area (Å²) < 4.78 is 31.4. The predicted octanol–water partition coefficient (Wildman–Crippen LogP) is 7.51. The largest absolute Gasteiger partial charge is 0.378 e. The minimum Gasteiger partial charge on any atom is -0.378 e. The van der Waals surface area contributed by atoms with Crippen molar-refractivity contribution in [3.05, 3.63) is 35.1 Å². The van der Waals surface area contributed by atoms with Crippen LogP contribution in [0.2, 0.25) is 0 Å². The van der Waals surface area contributed by atoms with E-state index in [2.05, 4.69) is 13.0 Å². The lowest BCUT2D eigenvalue weighted by molar-refractivity contribution is 0.0224. The smallest absolute Gasteiger partial charge is 0.325 e. The SMILES string of the molecule is CCCc1ccc(C2CCC(OCCCCCCCCCCCP(=O)(O)O)CC2)c(F)c1. The number of hydrogen-bond acceptors (Lipinski definition) is 2. The predicted molar refractivity (Wildman–Crippen MR) is 130 cm³/mol. The van der Waals surface area contributed by atoms with E-state index in [4.69, 9.17) is 14.5 Å². The molecule has 184 valence electrons. The Hall–Kier alpha value is -0.740. The van der Waals surface area contributed by atoms with Crippen LogP contribution >= 0.6 is 7.60 Å². The molecule has 1 aliphatic carbocycles. The van der Waals surface area contributed by atoms with Gasteiger partial charge in [0.2, 0.25) is 0 Å². The van der Waals surface area contributed by atoms with Crippen molar-refractivity contribution >= 4 is 7.60 Å². The van der Waals surface area contributed by atoms with Crippen LogP contribution in [0.15, 0.2) is 18.2 Å². The lowest BCUT2D eigenvalue weighted by Gasteiger charge is -2.29. The molecule has 0 aliphatic heterocycles. The Kier molecular flexibility index (Phi) is 13.1. The molecule has 1 aromatic carbocycles. The van der Waals surface area contributed by atoms with E-state index in [9.17, 15) is 8.96 Å². The maximum Gasteiger partial charge on any atom is 0.325 e. The molecule has 0 bridgehead atoms. The summed E-state index contributed by atoms with van der Waals surface area (Å²) in [5, 5.41) is 0. The van der Waals surface area contributed by atoms with Crippen molar-refractivity contribution in [2.75, 3.05) is 12.8 Å². The molecule has 2 rings (SSSR count). The first-order valence-corrected chi connectivity index (χ1v) is 14.6.